The second-order valence-corrected chi connectivity index (χ2v) is 8.87. The highest BCUT2D eigenvalue weighted by Crippen LogP contribution is 2.36. The summed E-state index contributed by atoms with van der Waals surface area (Å²) in [4.78, 5) is 56.1. The Bertz CT molecular complexity index is 1310. The van der Waals surface area contributed by atoms with E-state index in [2.05, 4.69) is 15.6 Å². The Morgan fingerprint density at radius 2 is 1.85 bits per heavy atom. The zero-order valence-corrected chi connectivity index (χ0v) is 18.5. The van der Waals surface area contributed by atoms with Gasteiger partial charge in [0.25, 0.3) is 17.7 Å². The van der Waals surface area contributed by atoms with Crippen LogP contribution in [0, 0.1) is 6.92 Å². The number of fused-ring (bicyclic) bond motifs is 2. The highest BCUT2D eigenvalue weighted by atomic mass is 32.1. The van der Waals surface area contributed by atoms with Crippen LogP contribution in [0.2, 0.25) is 0 Å². The van der Waals surface area contributed by atoms with Gasteiger partial charge in [0.15, 0.2) is 11.7 Å². The fourth-order valence-electron chi connectivity index (χ4n) is 3.83. The van der Waals surface area contributed by atoms with Gasteiger partial charge in [-0.15, -0.1) is 11.3 Å². The highest BCUT2D eigenvalue weighted by Gasteiger charge is 2.40. The van der Waals surface area contributed by atoms with E-state index >= 15 is 0 Å². The Labute approximate surface area is 192 Å². The molecule has 10 heteroatoms. The SMILES string of the molecule is Cc1sc(NC(=O)C(C)N2C(=O)c3ccccc3C2=O)nc1-c1ccc2c(c1)NC(=O)CO2. The second-order valence-electron chi connectivity index (χ2n) is 7.66. The number of carbonyl (C=O) groups is 4. The lowest BCUT2D eigenvalue weighted by molar-refractivity contribution is -0.119. The standard InChI is InChI=1S/C23H18N4O5S/c1-11(27-21(30)14-5-3-4-6-15(14)22(27)31)20(29)26-23-25-19(12(2)33-23)13-7-8-17-16(9-13)24-18(28)10-32-17/h3-9,11H,10H2,1-2H3,(H,24,28)(H,25,26,29). The third-order valence-electron chi connectivity index (χ3n) is 5.50. The molecule has 1 aromatic heterocycles. The summed E-state index contributed by atoms with van der Waals surface area (Å²) in [5.41, 5.74) is 2.53. The van der Waals surface area contributed by atoms with E-state index in [0.717, 1.165) is 15.3 Å². The number of thiazole rings is 1. The van der Waals surface area contributed by atoms with Crippen molar-refractivity contribution in [2.75, 3.05) is 17.2 Å². The van der Waals surface area contributed by atoms with Gasteiger partial charge in [-0.3, -0.25) is 24.1 Å². The van der Waals surface area contributed by atoms with Gasteiger partial charge in [0.05, 0.1) is 22.5 Å². The minimum atomic E-state index is -1.01. The van der Waals surface area contributed by atoms with Gasteiger partial charge in [0.1, 0.15) is 11.8 Å². The first-order valence-corrected chi connectivity index (χ1v) is 11.0. The summed E-state index contributed by atoms with van der Waals surface area (Å²) in [6.07, 6.45) is 0. The molecule has 2 aromatic carbocycles. The molecule has 0 spiro atoms. The monoisotopic (exact) mass is 462 g/mol. The van der Waals surface area contributed by atoms with E-state index in [1.165, 1.54) is 18.3 Å². The molecule has 4 amide bonds. The largest absolute Gasteiger partial charge is 0.482 e. The molecule has 2 aliphatic heterocycles. The molecule has 0 radical (unpaired) electrons. The minimum absolute atomic E-state index is 0.0243. The number of ether oxygens (including phenoxy) is 1. The molecule has 0 bridgehead atoms. The van der Waals surface area contributed by atoms with Crippen molar-refractivity contribution in [3.63, 3.8) is 0 Å². The predicted molar refractivity (Wildman–Crippen MR) is 121 cm³/mol. The summed E-state index contributed by atoms with van der Waals surface area (Å²) in [5.74, 6) is -1.16. The Hall–Kier alpha value is -4.05. The lowest BCUT2D eigenvalue weighted by Gasteiger charge is -2.21. The van der Waals surface area contributed by atoms with Crippen molar-refractivity contribution in [1.82, 2.24) is 9.88 Å². The first kappa shape index (κ1) is 20.8. The van der Waals surface area contributed by atoms with E-state index in [4.69, 9.17) is 4.74 Å². The van der Waals surface area contributed by atoms with E-state index in [0.29, 0.717) is 22.3 Å². The van der Waals surface area contributed by atoms with Gasteiger partial charge in [-0.05, 0) is 44.2 Å². The van der Waals surface area contributed by atoms with Crippen LogP contribution in [0.1, 0.15) is 32.5 Å². The quantitative estimate of drug-likeness (QED) is 0.576. The van der Waals surface area contributed by atoms with Crippen LogP contribution in [0.3, 0.4) is 0 Å². The molecule has 5 rings (SSSR count). The van der Waals surface area contributed by atoms with Crippen LogP contribution in [0.5, 0.6) is 5.75 Å². The summed E-state index contributed by atoms with van der Waals surface area (Å²) in [7, 11) is 0. The maximum absolute atomic E-state index is 12.9. The molecule has 3 heterocycles. The molecule has 1 unspecified atom stereocenters. The number of nitrogens with zero attached hydrogens (tertiary/aromatic N) is 2. The number of hydrogen-bond acceptors (Lipinski definition) is 7. The molecule has 2 aliphatic rings. The molecular formula is C23H18N4O5S. The van der Waals surface area contributed by atoms with Crippen LogP contribution in [0.4, 0.5) is 10.8 Å². The van der Waals surface area contributed by atoms with Gasteiger partial charge in [0, 0.05) is 10.4 Å². The number of anilines is 2. The molecule has 0 aliphatic carbocycles. The molecule has 0 saturated carbocycles. The van der Waals surface area contributed by atoms with E-state index in [-0.39, 0.29) is 23.6 Å². The summed E-state index contributed by atoms with van der Waals surface area (Å²) >= 11 is 1.27. The maximum Gasteiger partial charge on any atom is 0.262 e. The van der Waals surface area contributed by atoms with Crippen LogP contribution < -0.4 is 15.4 Å². The van der Waals surface area contributed by atoms with Crippen molar-refractivity contribution >= 4 is 45.8 Å². The molecule has 166 valence electrons. The summed E-state index contributed by atoms with van der Waals surface area (Å²) in [5, 5.41) is 5.82. The Morgan fingerprint density at radius 3 is 2.55 bits per heavy atom. The summed E-state index contributed by atoms with van der Waals surface area (Å²) < 4.78 is 5.38. The second kappa shape index (κ2) is 7.82. The molecule has 1 atom stereocenters. The average molecular weight is 462 g/mol. The number of aryl methyl sites for hydroxylation is 1. The number of amides is 4. The highest BCUT2D eigenvalue weighted by molar-refractivity contribution is 7.16. The molecular weight excluding hydrogens is 444 g/mol. The van der Waals surface area contributed by atoms with E-state index in [1.54, 1.807) is 36.4 Å². The molecule has 0 fully saturated rings. The van der Waals surface area contributed by atoms with Gasteiger partial charge >= 0.3 is 0 Å². The van der Waals surface area contributed by atoms with Crippen LogP contribution in [-0.4, -0.2) is 46.2 Å². The van der Waals surface area contributed by atoms with Crippen molar-refractivity contribution in [1.29, 1.82) is 0 Å². The molecule has 33 heavy (non-hydrogen) atoms. The fourth-order valence-corrected chi connectivity index (χ4v) is 4.67. The summed E-state index contributed by atoms with van der Waals surface area (Å²) in [6, 6.07) is 10.8. The third kappa shape index (κ3) is 3.54. The molecule has 3 aromatic rings. The number of rotatable bonds is 4. The van der Waals surface area contributed by atoms with Crippen LogP contribution in [0.25, 0.3) is 11.3 Å². The normalized spacial score (nSPS) is 15.5. The van der Waals surface area contributed by atoms with Gasteiger partial charge < -0.3 is 15.4 Å². The van der Waals surface area contributed by atoms with E-state index < -0.39 is 23.8 Å². The van der Waals surface area contributed by atoms with Crippen LogP contribution >= 0.6 is 11.3 Å². The van der Waals surface area contributed by atoms with Gasteiger partial charge in [-0.25, -0.2) is 4.98 Å². The van der Waals surface area contributed by atoms with Crippen LogP contribution in [0.15, 0.2) is 42.5 Å². The zero-order chi connectivity index (χ0) is 23.3. The number of benzene rings is 2. The number of imide groups is 1. The predicted octanol–water partition coefficient (Wildman–Crippen LogP) is 3.07. The average Bonchev–Trinajstić information content (AvgIpc) is 3.29. The minimum Gasteiger partial charge on any atom is -0.482 e. The first-order valence-electron chi connectivity index (χ1n) is 10.2. The van der Waals surface area contributed by atoms with Gasteiger partial charge in [-0.2, -0.15) is 0 Å². The Kier molecular flexibility index (Phi) is 4.94. The van der Waals surface area contributed by atoms with Crippen molar-refractivity contribution in [2.24, 2.45) is 0 Å². The van der Waals surface area contributed by atoms with Crippen molar-refractivity contribution in [2.45, 2.75) is 19.9 Å². The fraction of sp³-hybridized carbons (Fsp3) is 0.174. The van der Waals surface area contributed by atoms with Crippen molar-refractivity contribution in [3.05, 3.63) is 58.5 Å². The maximum atomic E-state index is 12.9. The van der Waals surface area contributed by atoms with Crippen LogP contribution in [-0.2, 0) is 9.59 Å². The lowest BCUT2D eigenvalue weighted by Crippen LogP contribution is -2.45. The molecule has 0 saturated heterocycles. The van der Waals surface area contributed by atoms with Crippen molar-refractivity contribution in [3.8, 4) is 17.0 Å². The number of nitrogens with one attached hydrogen (secondary N) is 2. The number of aromatic nitrogens is 1. The topological polar surface area (TPSA) is 118 Å². The van der Waals surface area contributed by atoms with E-state index in [9.17, 15) is 19.2 Å². The van der Waals surface area contributed by atoms with E-state index in [1.807, 2.05) is 13.0 Å². The Morgan fingerprint density at radius 1 is 1.15 bits per heavy atom. The zero-order valence-electron chi connectivity index (χ0n) is 17.7. The Balaban J connectivity index is 1.35. The lowest BCUT2D eigenvalue weighted by atomic mass is 10.1. The van der Waals surface area contributed by atoms with Crippen molar-refractivity contribution < 1.29 is 23.9 Å². The third-order valence-corrected chi connectivity index (χ3v) is 6.39. The number of hydrogen-bond donors (Lipinski definition) is 2. The smallest absolute Gasteiger partial charge is 0.262 e. The summed E-state index contributed by atoms with van der Waals surface area (Å²) in [6.45, 7) is 3.35. The van der Waals surface area contributed by atoms with Gasteiger partial charge in [0.2, 0.25) is 5.91 Å². The molecule has 9 nitrogen and oxygen atoms in total. The number of carbonyl (C=O) groups excluding carboxylic acids is 4. The molecule has 2 N–H and O–H groups in total. The first-order chi connectivity index (χ1) is 15.8. The van der Waals surface area contributed by atoms with Gasteiger partial charge in [-0.1, -0.05) is 12.1 Å².